The number of aryl methyl sites for hydroxylation is 2. The fourth-order valence-corrected chi connectivity index (χ4v) is 1.22. The molecule has 0 spiro atoms. The van der Waals surface area contributed by atoms with E-state index >= 15 is 0 Å². The van der Waals surface area contributed by atoms with Gasteiger partial charge in [-0.2, -0.15) is 0 Å². The highest BCUT2D eigenvalue weighted by Gasteiger charge is 2.05. The van der Waals surface area contributed by atoms with Gasteiger partial charge in [0.25, 0.3) is 0 Å². The maximum atomic E-state index is 11.2. The Morgan fingerprint density at radius 1 is 1.38 bits per heavy atom. The number of pyridine rings is 1. The van der Waals surface area contributed by atoms with E-state index in [-0.39, 0.29) is 0 Å². The first-order valence-electron chi connectivity index (χ1n) is 4.69. The molecule has 86 valence electrons. The van der Waals surface area contributed by atoms with Crippen molar-refractivity contribution in [1.82, 2.24) is 10.3 Å². The van der Waals surface area contributed by atoms with Crippen LogP contribution in [-0.2, 0) is 4.79 Å². The number of hydrogen-bond acceptors (Lipinski definition) is 3. The van der Waals surface area contributed by atoms with E-state index in [1.165, 1.54) is 0 Å². The summed E-state index contributed by atoms with van der Waals surface area (Å²) >= 11 is 0. The largest absolute Gasteiger partial charge is 0.480 e. The summed E-state index contributed by atoms with van der Waals surface area (Å²) in [5.74, 6) is -0.691. The molecule has 0 fully saturated rings. The third-order valence-electron chi connectivity index (χ3n) is 1.74. The molecule has 0 bridgehead atoms. The van der Waals surface area contributed by atoms with Crippen molar-refractivity contribution in [3.8, 4) is 0 Å². The van der Waals surface area contributed by atoms with Crippen LogP contribution >= 0.6 is 0 Å². The third-order valence-corrected chi connectivity index (χ3v) is 1.74. The van der Waals surface area contributed by atoms with Crippen molar-refractivity contribution in [1.29, 1.82) is 0 Å². The Kier molecular flexibility index (Phi) is 3.82. The lowest BCUT2D eigenvalue weighted by molar-refractivity contribution is -0.135. The third kappa shape index (κ3) is 3.95. The second-order valence-corrected chi connectivity index (χ2v) is 3.37. The van der Waals surface area contributed by atoms with Crippen molar-refractivity contribution in [3.05, 3.63) is 23.4 Å². The van der Waals surface area contributed by atoms with Crippen LogP contribution in [0.2, 0.25) is 0 Å². The van der Waals surface area contributed by atoms with E-state index in [0.717, 1.165) is 11.3 Å². The quantitative estimate of drug-likeness (QED) is 0.710. The highest BCUT2D eigenvalue weighted by Crippen LogP contribution is 2.08. The molecule has 2 amide bonds. The summed E-state index contributed by atoms with van der Waals surface area (Å²) in [4.78, 5) is 25.5. The summed E-state index contributed by atoms with van der Waals surface area (Å²) in [5, 5.41) is 13.0. The van der Waals surface area contributed by atoms with Crippen LogP contribution in [0.1, 0.15) is 11.3 Å². The van der Waals surface area contributed by atoms with Gasteiger partial charge in [0.1, 0.15) is 12.4 Å². The van der Waals surface area contributed by atoms with E-state index in [4.69, 9.17) is 5.11 Å². The molecular formula is C10H13N3O3. The Hall–Kier alpha value is -2.11. The second-order valence-electron chi connectivity index (χ2n) is 3.37. The zero-order valence-corrected chi connectivity index (χ0v) is 9.07. The lowest BCUT2D eigenvalue weighted by Gasteiger charge is -2.06. The number of carboxylic acids is 1. The number of aromatic nitrogens is 1. The first kappa shape index (κ1) is 12.0. The normalized spacial score (nSPS) is 9.62. The van der Waals surface area contributed by atoms with Crippen molar-refractivity contribution in [3.63, 3.8) is 0 Å². The number of carbonyl (C=O) groups is 2. The molecule has 1 rings (SSSR count). The minimum atomic E-state index is -1.09. The van der Waals surface area contributed by atoms with Crippen LogP contribution in [0.25, 0.3) is 0 Å². The van der Waals surface area contributed by atoms with Gasteiger partial charge in [-0.1, -0.05) is 0 Å². The fourth-order valence-electron chi connectivity index (χ4n) is 1.22. The summed E-state index contributed by atoms with van der Waals surface area (Å²) in [5.41, 5.74) is 1.76. The van der Waals surface area contributed by atoms with Crippen molar-refractivity contribution in [2.24, 2.45) is 0 Å². The highest BCUT2D eigenvalue weighted by molar-refractivity contribution is 5.90. The van der Waals surface area contributed by atoms with Crippen molar-refractivity contribution in [2.45, 2.75) is 13.8 Å². The summed E-state index contributed by atoms with van der Waals surface area (Å²) in [6, 6.07) is 2.99. The monoisotopic (exact) mass is 223 g/mol. The van der Waals surface area contributed by atoms with Gasteiger partial charge in [0.2, 0.25) is 0 Å². The van der Waals surface area contributed by atoms with E-state index in [1.807, 2.05) is 19.9 Å². The van der Waals surface area contributed by atoms with E-state index in [0.29, 0.717) is 5.82 Å². The van der Waals surface area contributed by atoms with Crippen LogP contribution in [0.3, 0.4) is 0 Å². The fraction of sp³-hybridized carbons (Fsp3) is 0.300. The molecule has 1 aromatic heterocycles. The van der Waals surface area contributed by atoms with Crippen molar-refractivity contribution in [2.75, 3.05) is 11.9 Å². The van der Waals surface area contributed by atoms with E-state index in [9.17, 15) is 9.59 Å². The number of rotatable bonds is 3. The number of carbonyl (C=O) groups excluding carboxylic acids is 1. The number of nitrogens with zero attached hydrogens (tertiary/aromatic N) is 1. The Labute approximate surface area is 92.7 Å². The Morgan fingerprint density at radius 2 is 2.06 bits per heavy atom. The Balaban J connectivity index is 2.59. The molecule has 3 N–H and O–H groups in total. The predicted molar refractivity (Wildman–Crippen MR) is 58.4 cm³/mol. The minimum Gasteiger partial charge on any atom is -0.480 e. The second kappa shape index (κ2) is 5.11. The number of amides is 2. The molecule has 0 unspecified atom stereocenters. The Morgan fingerprint density at radius 3 is 2.62 bits per heavy atom. The van der Waals surface area contributed by atoms with Gasteiger partial charge in [0, 0.05) is 5.69 Å². The summed E-state index contributed by atoms with van der Waals surface area (Å²) in [6.45, 7) is 3.28. The van der Waals surface area contributed by atoms with Crippen LogP contribution in [0, 0.1) is 13.8 Å². The van der Waals surface area contributed by atoms with Gasteiger partial charge < -0.3 is 10.4 Å². The maximum Gasteiger partial charge on any atom is 0.323 e. The number of anilines is 1. The summed E-state index contributed by atoms with van der Waals surface area (Å²) in [6.07, 6.45) is 0. The molecule has 1 aromatic rings. The van der Waals surface area contributed by atoms with E-state index in [1.54, 1.807) is 6.07 Å². The van der Waals surface area contributed by atoms with Gasteiger partial charge in [0.15, 0.2) is 0 Å². The molecule has 1 heterocycles. The van der Waals surface area contributed by atoms with Crippen LogP contribution in [0.4, 0.5) is 10.6 Å². The van der Waals surface area contributed by atoms with Crippen LogP contribution in [0.5, 0.6) is 0 Å². The molecular weight excluding hydrogens is 210 g/mol. The van der Waals surface area contributed by atoms with Gasteiger partial charge >= 0.3 is 12.0 Å². The number of aliphatic carboxylic acids is 1. The summed E-state index contributed by atoms with van der Waals surface area (Å²) < 4.78 is 0. The molecule has 0 saturated heterocycles. The van der Waals surface area contributed by atoms with Crippen molar-refractivity contribution >= 4 is 17.8 Å². The molecule has 0 aromatic carbocycles. The number of urea groups is 1. The van der Waals surface area contributed by atoms with Gasteiger partial charge in [-0.25, -0.2) is 9.78 Å². The van der Waals surface area contributed by atoms with E-state index < -0.39 is 18.5 Å². The van der Waals surface area contributed by atoms with Gasteiger partial charge in [-0.3, -0.25) is 10.1 Å². The number of hydrogen-bond donors (Lipinski definition) is 3. The number of carboxylic acid groups (broad SMARTS) is 1. The maximum absolute atomic E-state index is 11.2. The standard InChI is InChI=1S/C10H13N3O3/c1-6-3-7(2)12-8(4-6)13-10(16)11-5-9(14)15/h3-4H,5H2,1-2H3,(H,14,15)(H2,11,12,13,16). The predicted octanol–water partition coefficient (Wildman–Crippen LogP) is 0.905. The average Bonchev–Trinajstić information content (AvgIpc) is 2.12. The molecule has 0 atom stereocenters. The number of nitrogens with one attached hydrogen (secondary N) is 2. The van der Waals surface area contributed by atoms with E-state index in [2.05, 4.69) is 15.6 Å². The van der Waals surface area contributed by atoms with Crippen LogP contribution < -0.4 is 10.6 Å². The molecule has 0 radical (unpaired) electrons. The zero-order valence-electron chi connectivity index (χ0n) is 9.07. The smallest absolute Gasteiger partial charge is 0.323 e. The molecule has 6 nitrogen and oxygen atoms in total. The molecule has 16 heavy (non-hydrogen) atoms. The van der Waals surface area contributed by atoms with Gasteiger partial charge in [-0.15, -0.1) is 0 Å². The lowest BCUT2D eigenvalue weighted by atomic mass is 10.2. The molecule has 0 aliphatic carbocycles. The molecule has 0 aliphatic rings. The first-order chi connectivity index (χ1) is 7.47. The molecule has 0 saturated carbocycles. The highest BCUT2D eigenvalue weighted by atomic mass is 16.4. The summed E-state index contributed by atoms with van der Waals surface area (Å²) in [7, 11) is 0. The topological polar surface area (TPSA) is 91.3 Å². The zero-order chi connectivity index (χ0) is 12.1. The average molecular weight is 223 g/mol. The van der Waals surface area contributed by atoms with Gasteiger partial charge in [-0.05, 0) is 31.5 Å². The van der Waals surface area contributed by atoms with Crippen molar-refractivity contribution < 1.29 is 14.7 Å². The minimum absolute atomic E-state index is 0.403. The lowest BCUT2D eigenvalue weighted by Crippen LogP contribution is -2.33. The Bertz CT molecular complexity index is 398. The first-order valence-corrected chi connectivity index (χ1v) is 4.69. The van der Waals surface area contributed by atoms with Gasteiger partial charge in [0.05, 0.1) is 0 Å². The SMILES string of the molecule is Cc1cc(C)nc(NC(=O)NCC(=O)O)c1. The van der Waals surface area contributed by atoms with Crippen LogP contribution in [0.15, 0.2) is 12.1 Å². The van der Waals surface area contributed by atoms with Crippen LogP contribution in [-0.4, -0.2) is 28.6 Å². The molecule has 0 aliphatic heterocycles. The molecule has 6 heteroatoms.